The van der Waals surface area contributed by atoms with Gasteiger partial charge in [-0.1, -0.05) is 0 Å². The quantitative estimate of drug-likeness (QED) is 0.926. The van der Waals surface area contributed by atoms with E-state index in [-0.39, 0.29) is 11.9 Å². The van der Waals surface area contributed by atoms with Crippen LogP contribution in [0.2, 0.25) is 0 Å². The Bertz CT molecular complexity index is 571. The molecule has 0 spiro atoms. The Kier molecular flexibility index (Phi) is 3.99. The first-order valence-corrected chi connectivity index (χ1v) is 6.70. The van der Waals surface area contributed by atoms with Gasteiger partial charge in [-0.25, -0.2) is 14.4 Å². The molecule has 4 nitrogen and oxygen atoms in total. The van der Waals surface area contributed by atoms with E-state index >= 15 is 0 Å². The topological polar surface area (TPSA) is 47.0 Å². The van der Waals surface area contributed by atoms with E-state index in [0.29, 0.717) is 24.4 Å². The molecule has 1 aliphatic heterocycles. The van der Waals surface area contributed by atoms with Crippen molar-refractivity contribution in [1.29, 1.82) is 0 Å². The van der Waals surface area contributed by atoms with Crippen LogP contribution in [0.1, 0.15) is 5.56 Å². The van der Waals surface area contributed by atoms with E-state index in [0.717, 1.165) is 18.7 Å². The van der Waals surface area contributed by atoms with Crippen molar-refractivity contribution in [3.63, 3.8) is 0 Å². The zero-order valence-electron chi connectivity index (χ0n) is 11.1. The molecule has 2 heterocycles. The van der Waals surface area contributed by atoms with Crippen molar-refractivity contribution in [2.45, 2.75) is 12.5 Å². The van der Waals surface area contributed by atoms with E-state index in [4.69, 9.17) is 4.74 Å². The molecule has 1 aromatic carbocycles. The standard InChI is InChI=1S/C15H16FN3O/c16-14-3-2-11(15-18-4-1-5-19-15)8-12(14)9-13-10-20-7-6-17-13/h1-5,8,13,17H,6-7,9-10H2/t13-/m1/s1. The molecule has 1 aliphatic rings. The fourth-order valence-electron chi connectivity index (χ4n) is 2.33. The van der Waals surface area contributed by atoms with E-state index in [1.54, 1.807) is 24.5 Å². The largest absolute Gasteiger partial charge is 0.379 e. The van der Waals surface area contributed by atoms with Gasteiger partial charge in [-0.05, 0) is 36.2 Å². The van der Waals surface area contributed by atoms with Crippen molar-refractivity contribution in [2.75, 3.05) is 19.8 Å². The van der Waals surface area contributed by atoms with Crippen LogP contribution in [0.3, 0.4) is 0 Å². The summed E-state index contributed by atoms with van der Waals surface area (Å²) in [5.74, 6) is 0.415. The van der Waals surface area contributed by atoms with Crippen molar-refractivity contribution in [1.82, 2.24) is 15.3 Å². The molecule has 1 atom stereocenters. The van der Waals surface area contributed by atoms with E-state index in [1.165, 1.54) is 6.07 Å². The average Bonchev–Trinajstić information content (AvgIpc) is 2.51. The Morgan fingerprint density at radius 3 is 2.90 bits per heavy atom. The minimum Gasteiger partial charge on any atom is -0.379 e. The number of hydrogen-bond acceptors (Lipinski definition) is 4. The summed E-state index contributed by atoms with van der Waals surface area (Å²) >= 11 is 0. The first-order valence-electron chi connectivity index (χ1n) is 6.70. The molecule has 0 aliphatic carbocycles. The van der Waals surface area contributed by atoms with Gasteiger partial charge in [0.15, 0.2) is 5.82 Å². The summed E-state index contributed by atoms with van der Waals surface area (Å²) in [6.45, 7) is 2.15. The molecule has 5 heteroatoms. The first kappa shape index (κ1) is 13.1. The molecule has 1 aromatic heterocycles. The maximum Gasteiger partial charge on any atom is 0.159 e. The molecule has 0 bridgehead atoms. The second-order valence-electron chi connectivity index (χ2n) is 4.81. The third-order valence-electron chi connectivity index (χ3n) is 3.33. The summed E-state index contributed by atoms with van der Waals surface area (Å²) in [5, 5.41) is 3.33. The second-order valence-corrected chi connectivity index (χ2v) is 4.81. The lowest BCUT2D eigenvalue weighted by Crippen LogP contribution is -2.42. The van der Waals surface area contributed by atoms with Crippen LogP contribution in [0.15, 0.2) is 36.7 Å². The lowest BCUT2D eigenvalue weighted by molar-refractivity contribution is 0.0767. The molecule has 0 saturated carbocycles. The molecule has 0 unspecified atom stereocenters. The van der Waals surface area contributed by atoms with Crippen molar-refractivity contribution in [3.8, 4) is 11.4 Å². The smallest absolute Gasteiger partial charge is 0.159 e. The summed E-state index contributed by atoms with van der Waals surface area (Å²) in [6.07, 6.45) is 3.97. The van der Waals surface area contributed by atoms with Gasteiger partial charge in [-0.3, -0.25) is 0 Å². The lowest BCUT2D eigenvalue weighted by atomic mass is 10.0. The molecule has 3 rings (SSSR count). The van der Waals surface area contributed by atoms with Crippen molar-refractivity contribution in [3.05, 3.63) is 48.0 Å². The highest BCUT2D eigenvalue weighted by atomic mass is 19.1. The first-order chi connectivity index (χ1) is 9.83. The molecule has 0 radical (unpaired) electrons. The van der Waals surface area contributed by atoms with Crippen LogP contribution in [0.4, 0.5) is 4.39 Å². The second kappa shape index (κ2) is 6.07. The Morgan fingerprint density at radius 2 is 2.15 bits per heavy atom. The van der Waals surface area contributed by atoms with Crippen LogP contribution in [0.25, 0.3) is 11.4 Å². The Balaban J connectivity index is 1.83. The molecule has 20 heavy (non-hydrogen) atoms. The van der Waals surface area contributed by atoms with Crippen LogP contribution < -0.4 is 5.32 Å². The van der Waals surface area contributed by atoms with Gasteiger partial charge >= 0.3 is 0 Å². The predicted molar refractivity (Wildman–Crippen MR) is 73.7 cm³/mol. The third kappa shape index (κ3) is 3.00. The number of halogens is 1. The fourth-order valence-corrected chi connectivity index (χ4v) is 2.33. The zero-order chi connectivity index (χ0) is 13.8. The number of morpholine rings is 1. The Labute approximate surface area is 117 Å². The zero-order valence-corrected chi connectivity index (χ0v) is 11.1. The highest BCUT2D eigenvalue weighted by Crippen LogP contribution is 2.20. The SMILES string of the molecule is Fc1ccc(-c2ncccn2)cc1C[C@@H]1COCCN1. The third-order valence-corrected chi connectivity index (χ3v) is 3.33. The number of aromatic nitrogens is 2. The normalized spacial score (nSPS) is 18.9. The van der Waals surface area contributed by atoms with Crippen LogP contribution in [0, 0.1) is 5.82 Å². The van der Waals surface area contributed by atoms with Crippen molar-refractivity contribution < 1.29 is 9.13 Å². The molecular weight excluding hydrogens is 257 g/mol. The van der Waals surface area contributed by atoms with Gasteiger partial charge in [0.05, 0.1) is 13.2 Å². The lowest BCUT2D eigenvalue weighted by Gasteiger charge is -2.24. The Hall–Kier alpha value is -1.85. The van der Waals surface area contributed by atoms with Gasteiger partial charge in [0.25, 0.3) is 0 Å². The minimum absolute atomic E-state index is 0.158. The molecule has 2 aromatic rings. The average molecular weight is 273 g/mol. The monoisotopic (exact) mass is 273 g/mol. The Morgan fingerprint density at radius 1 is 1.30 bits per heavy atom. The fraction of sp³-hybridized carbons (Fsp3) is 0.333. The summed E-state index contributed by atoms with van der Waals surface area (Å²) in [7, 11) is 0. The van der Waals surface area contributed by atoms with Crippen molar-refractivity contribution in [2.24, 2.45) is 0 Å². The van der Waals surface area contributed by atoms with Gasteiger partial charge in [-0.15, -0.1) is 0 Å². The van der Waals surface area contributed by atoms with E-state index in [2.05, 4.69) is 15.3 Å². The van der Waals surface area contributed by atoms with Crippen LogP contribution in [-0.4, -0.2) is 35.8 Å². The van der Waals surface area contributed by atoms with E-state index < -0.39 is 0 Å². The number of nitrogens with one attached hydrogen (secondary N) is 1. The number of ether oxygens (including phenoxy) is 1. The molecule has 0 amide bonds. The van der Waals surface area contributed by atoms with Gasteiger partial charge in [0.2, 0.25) is 0 Å². The highest BCUT2D eigenvalue weighted by molar-refractivity contribution is 5.55. The van der Waals surface area contributed by atoms with E-state index in [9.17, 15) is 4.39 Å². The molecule has 1 fully saturated rings. The summed E-state index contributed by atoms with van der Waals surface area (Å²) in [6, 6.07) is 6.92. The summed E-state index contributed by atoms with van der Waals surface area (Å²) in [5.41, 5.74) is 1.50. The number of rotatable bonds is 3. The van der Waals surface area contributed by atoms with Gasteiger partial charge in [-0.2, -0.15) is 0 Å². The minimum atomic E-state index is -0.197. The summed E-state index contributed by atoms with van der Waals surface area (Å²) in [4.78, 5) is 8.39. The molecule has 1 saturated heterocycles. The van der Waals surface area contributed by atoms with Gasteiger partial charge in [0, 0.05) is 30.5 Å². The number of hydrogen-bond donors (Lipinski definition) is 1. The molecule has 104 valence electrons. The van der Waals surface area contributed by atoms with Gasteiger partial charge < -0.3 is 10.1 Å². The number of nitrogens with zero attached hydrogens (tertiary/aromatic N) is 2. The van der Waals surface area contributed by atoms with Crippen LogP contribution in [-0.2, 0) is 11.2 Å². The van der Waals surface area contributed by atoms with Crippen LogP contribution >= 0.6 is 0 Å². The molecule has 1 N–H and O–H groups in total. The van der Waals surface area contributed by atoms with Crippen LogP contribution in [0.5, 0.6) is 0 Å². The predicted octanol–water partition coefficient (Wildman–Crippen LogP) is 1.81. The van der Waals surface area contributed by atoms with E-state index in [1.807, 2.05) is 6.07 Å². The highest BCUT2D eigenvalue weighted by Gasteiger charge is 2.16. The maximum absolute atomic E-state index is 13.9. The summed E-state index contributed by atoms with van der Waals surface area (Å²) < 4.78 is 19.3. The van der Waals surface area contributed by atoms with Crippen molar-refractivity contribution >= 4 is 0 Å². The molecular formula is C15H16FN3O. The maximum atomic E-state index is 13.9. The number of benzene rings is 1. The van der Waals surface area contributed by atoms with Gasteiger partial charge in [0.1, 0.15) is 5.82 Å².